The third-order valence-corrected chi connectivity index (χ3v) is 9.17. The molecule has 0 bridgehead atoms. The molecule has 280 valence electrons. The molecule has 2 aliphatic carbocycles. The van der Waals surface area contributed by atoms with Crippen LogP contribution in [0.3, 0.4) is 0 Å². The Labute approximate surface area is 305 Å². The quantitative estimate of drug-likeness (QED) is 0.222. The molecule has 3 aromatic carbocycles. The van der Waals surface area contributed by atoms with Crippen molar-refractivity contribution in [1.82, 2.24) is 0 Å². The first-order valence-electron chi connectivity index (χ1n) is 19.5. The van der Waals surface area contributed by atoms with Gasteiger partial charge in [-0.1, -0.05) is 184 Å². The molecule has 2 saturated carbocycles. The van der Waals surface area contributed by atoms with Crippen molar-refractivity contribution in [2.45, 2.75) is 163 Å². The van der Waals surface area contributed by atoms with Gasteiger partial charge in [-0.25, -0.2) is 0 Å². The van der Waals surface area contributed by atoms with E-state index in [4.69, 9.17) is 5.11 Å². The maximum Gasteiger partial charge on any atom is 1.00 e. The third-order valence-electron chi connectivity index (χ3n) is 9.17. The van der Waals surface area contributed by atoms with Crippen LogP contribution in [-0.2, 0) is 19.3 Å². The molecule has 4 heteroatoms. The van der Waals surface area contributed by atoms with Gasteiger partial charge in [0.15, 0.2) is 0 Å². The van der Waals surface area contributed by atoms with Gasteiger partial charge >= 0.3 is 2.85 Å². The van der Waals surface area contributed by atoms with E-state index in [1.807, 2.05) is 12.1 Å². The van der Waals surface area contributed by atoms with Gasteiger partial charge in [0.1, 0.15) is 5.75 Å². The van der Waals surface area contributed by atoms with Crippen molar-refractivity contribution in [2.24, 2.45) is 11.8 Å². The Morgan fingerprint density at radius 2 is 0.837 bits per heavy atom. The standard InChI is InChI=1S/C9H18O.C9H12O.C9H18.2C9H12.2H2O/c2*1-2-3-8-4-6-9(10)7-5-8;3*1-2-6-9-7-4-3-5-8-9;;/h8-10H,2-7H2,1H3;4-7,10H,2-3H2,1H3;9H,2-8H2,1H3;2*3-5,7-8H,2,6H2,1H3;2*1H2/p+2. The fourth-order valence-corrected chi connectivity index (χ4v) is 6.54. The first kappa shape index (κ1) is 48.5. The number of aromatic hydroxyl groups is 1. The minimum atomic E-state index is 0. The number of rotatable bonds is 10. The lowest BCUT2D eigenvalue weighted by Gasteiger charge is -2.24. The summed E-state index contributed by atoms with van der Waals surface area (Å²) in [5, 5.41) is 18.1. The van der Waals surface area contributed by atoms with Crippen molar-refractivity contribution < 1.29 is 24.0 Å². The molecule has 49 heavy (non-hydrogen) atoms. The molecule has 0 heterocycles. The van der Waals surface area contributed by atoms with E-state index in [2.05, 4.69) is 95.3 Å². The molecule has 5 rings (SSSR count). The summed E-state index contributed by atoms with van der Waals surface area (Å²) in [7, 11) is 0. The number of aliphatic hydroxyl groups excluding tert-OH is 1. The second kappa shape index (κ2) is 33.8. The highest BCUT2D eigenvalue weighted by Crippen LogP contribution is 2.28. The van der Waals surface area contributed by atoms with E-state index < -0.39 is 0 Å². The summed E-state index contributed by atoms with van der Waals surface area (Å²) in [5.74, 6) is 2.37. The second-order valence-electron chi connectivity index (χ2n) is 13.6. The van der Waals surface area contributed by atoms with E-state index in [-0.39, 0.29) is 19.9 Å². The molecule has 2 fully saturated rings. The Bertz CT molecular complexity index is 1010. The SMILES string of the molecule is CCCC1CCC(O)CC1.CCCC1CCCCC1.CCCc1ccc(O)cc1.CCCc1ccccc1.CCCc1ccccc1.O.O.[H+].[H+]. The van der Waals surface area contributed by atoms with Gasteiger partial charge in [0.05, 0.1) is 6.10 Å². The molecule has 4 nitrogen and oxygen atoms in total. The van der Waals surface area contributed by atoms with E-state index in [9.17, 15) is 5.11 Å². The number of aryl methyl sites for hydroxylation is 3. The van der Waals surface area contributed by atoms with E-state index in [1.54, 1.807) is 12.1 Å². The van der Waals surface area contributed by atoms with Crippen LogP contribution < -0.4 is 0 Å². The molecule has 0 aliphatic heterocycles. The number of phenols is 1. The highest BCUT2D eigenvalue weighted by atomic mass is 16.3. The summed E-state index contributed by atoms with van der Waals surface area (Å²) >= 11 is 0. The molecule has 3 aromatic rings. The summed E-state index contributed by atoms with van der Waals surface area (Å²) in [6.45, 7) is 11.1. The zero-order valence-electron chi connectivity index (χ0n) is 34.1. The highest BCUT2D eigenvalue weighted by molar-refractivity contribution is 5.25. The first-order valence-corrected chi connectivity index (χ1v) is 19.5. The van der Waals surface area contributed by atoms with E-state index in [0.29, 0.717) is 5.75 Å². The predicted octanol–water partition coefficient (Wildman–Crippen LogP) is 11.9. The van der Waals surface area contributed by atoms with Gasteiger partial charge in [-0.3, -0.25) is 0 Å². The Morgan fingerprint density at radius 3 is 1.20 bits per heavy atom. The molecule has 0 spiro atoms. The van der Waals surface area contributed by atoms with Crippen molar-refractivity contribution in [2.75, 3.05) is 0 Å². The average Bonchev–Trinajstić information content (AvgIpc) is 3.10. The van der Waals surface area contributed by atoms with Crippen LogP contribution >= 0.6 is 0 Å². The summed E-state index contributed by atoms with van der Waals surface area (Å²) < 4.78 is 0. The van der Waals surface area contributed by atoms with Crippen molar-refractivity contribution in [3.8, 4) is 5.75 Å². The van der Waals surface area contributed by atoms with Gasteiger partial charge in [0.25, 0.3) is 0 Å². The van der Waals surface area contributed by atoms with Crippen LogP contribution in [0.1, 0.15) is 157 Å². The smallest absolute Gasteiger partial charge is 0.508 e. The normalized spacial score (nSPS) is 16.5. The van der Waals surface area contributed by atoms with Crippen LogP contribution in [0.5, 0.6) is 5.75 Å². The zero-order chi connectivity index (χ0) is 34.4. The number of aliphatic hydroxyl groups is 1. The van der Waals surface area contributed by atoms with Gasteiger partial charge in [-0.05, 0) is 85.6 Å². The van der Waals surface area contributed by atoms with Crippen molar-refractivity contribution >= 4 is 0 Å². The third kappa shape index (κ3) is 26.8. The summed E-state index contributed by atoms with van der Waals surface area (Å²) in [6.07, 6.45) is 24.9. The molecule has 0 saturated heterocycles. The van der Waals surface area contributed by atoms with E-state index in [0.717, 1.165) is 37.5 Å². The zero-order valence-corrected chi connectivity index (χ0v) is 32.1. The lowest BCUT2D eigenvalue weighted by molar-refractivity contribution is 0.106. The maximum absolute atomic E-state index is 9.20. The lowest BCUT2D eigenvalue weighted by atomic mass is 9.85. The molecule has 2 aliphatic rings. The Balaban J connectivity index is -0.000000266. The average molecular weight is 683 g/mol. The van der Waals surface area contributed by atoms with Crippen LogP contribution in [0, 0.1) is 11.8 Å². The van der Waals surface area contributed by atoms with Gasteiger partial charge in [-0.2, -0.15) is 0 Å². The topological polar surface area (TPSA) is 103 Å². The van der Waals surface area contributed by atoms with Gasteiger partial charge in [0, 0.05) is 0 Å². The molecule has 6 N–H and O–H groups in total. The van der Waals surface area contributed by atoms with E-state index >= 15 is 0 Å². The molecule has 0 atom stereocenters. The number of hydrogen-bond acceptors (Lipinski definition) is 2. The number of benzene rings is 3. The molecule has 0 aromatic heterocycles. The van der Waals surface area contributed by atoms with Gasteiger partial charge in [0.2, 0.25) is 0 Å². The van der Waals surface area contributed by atoms with Gasteiger partial charge < -0.3 is 21.2 Å². The number of phenolic OH excluding ortho intramolecular Hbond substituents is 1. The minimum absolute atomic E-state index is 0. The van der Waals surface area contributed by atoms with Crippen LogP contribution in [-0.4, -0.2) is 27.3 Å². The molecule has 0 unspecified atom stereocenters. The number of hydrogen-bond donors (Lipinski definition) is 2. The Kier molecular flexibility index (Phi) is 33.4. The van der Waals surface area contributed by atoms with Crippen molar-refractivity contribution in [3.63, 3.8) is 0 Å². The molecule has 0 radical (unpaired) electrons. The van der Waals surface area contributed by atoms with Crippen molar-refractivity contribution in [3.05, 3.63) is 102 Å². The molecular weight excluding hydrogens is 604 g/mol. The maximum atomic E-state index is 9.20. The van der Waals surface area contributed by atoms with Crippen LogP contribution in [0.4, 0.5) is 0 Å². The lowest BCUT2D eigenvalue weighted by Crippen LogP contribution is -2.17. The Morgan fingerprint density at radius 1 is 0.469 bits per heavy atom. The summed E-state index contributed by atoms with van der Waals surface area (Å²) in [5.41, 5.74) is 4.18. The molecular formula is C45H78O4+2. The predicted molar refractivity (Wildman–Crippen MR) is 217 cm³/mol. The van der Waals surface area contributed by atoms with E-state index in [1.165, 1.54) is 113 Å². The second-order valence-corrected chi connectivity index (χ2v) is 13.6. The first-order chi connectivity index (χ1) is 22.9. The monoisotopic (exact) mass is 683 g/mol. The summed E-state index contributed by atoms with van der Waals surface area (Å²) in [6, 6.07) is 28.5. The highest BCUT2D eigenvalue weighted by Gasteiger charge is 2.17. The largest absolute Gasteiger partial charge is 1.00 e. The summed E-state index contributed by atoms with van der Waals surface area (Å²) in [4.78, 5) is 0. The van der Waals surface area contributed by atoms with Gasteiger partial charge in [-0.15, -0.1) is 0 Å². The fraction of sp³-hybridized carbons (Fsp3) is 0.600. The van der Waals surface area contributed by atoms with Crippen LogP contribution in [0.15, 0.2) is 84.9 Å². The molecule has 0 amide bonds. The fourth-order valence-electron chi connectivity index (χ4n) is 6.54. The van der Waals surface area contributed by atoms with Crippen LogP contribution in [0.2, 0.25) is 0 Å². The Hall–Kier alpha value is -2.66. The minimum Gasteiger partial charge on any atom is -0.508 e. The van der Waals surface area contributed by atoms with Crippen molar-refractivity contribution in [1.29, 1.82) is 0 Å². The van der Waals surface area contributed by atoms with Crippen LogP contribution in [0.25, 0.3) is 0 Å².